The number of methoxy groups -OCH3 is 1. The van der Waals surface area contributed by atoms with E-state index in [1.807, 2.05) is 0 Å². The van der Waals surface area contributed by atoms with Crippen molar-refractivity contribution in [2.45, 2.75) is 44.0 Å². The van der Waals surface area contributed by atoms with Crippen LogP contribution >= 0.6 is 11.6 Å². The summed E-state index contributed by atoms with van der Waals surface area (Å²) in [5, 5.41) is 10.7. The second kappa shape index (κ2) is 9.29. The standard InChI is InChI=1S/C16H23ClN2O6S/c1-16(2,10-4-5-11-17)14(15(20)25-3)18-26(23,24)13-8-6-12(7-9-13)19(21)22/h6-9,14,18H,4-5,10-11H2,1-3H3/t14-/m1/s1. The van der Waals surface area contributed by atoms with Gasteiger partial charge >= 0.3 is 5.97 Å². The predicted octanol–water partition coefficient (Wildman–Crippen LogP) is 2.85. The van der Waals surface area contributed by atoms with Crippen LogP contribution in [0, 0.1) is 15.5 Å². The third-order valence-electron chi connectivity index (χ3n) is 4.05. The van der Waals surface area contributed by atoms with Crippen molar-refractivity contribution < 1.29 is 22.9 Å². The highest BCUT2D eigenvalue weighted by Gasteiger charge is 2.39. The van der Waals surface area contributed by atoms with E-state index in [1.165, 1.54) is 7.11 Å². The minimum absolute atomic E-state index is 0.173. The molecule has 26 heavy (non-hydrogen) atoms. The van der Waals surface area contributed by atoms with E-state index in [1.54, 1.807) is 13.8 Å². The summed E-state index contributed by atoms with van der Waals surface area (Å²) in [6.45, 7) is 3.53. The summed E-state index contributed by atoms with van der Waals surface area (Å²) in [5.41, 5.74) is -0.942. The molecule has 0 saturated heterocycles. The Hall–Kier alpha value is -1.71. The maximum absolute atomic E-state index is 12.6. The quantitative estimate of drug-likeness (QED) is 0.210. The lowest BCUT2D eigenvalue weighted by Gasteiger charge is -2.32. The number of halogens is 1. The number of rotatable bonds is 10. The summed E-state index contributed by atoms with van der Waals surface area (Å²) in [6, 6.07) is 3.31. The number of esters is 1. The first kappa shape index (κ1) is 22.3. The molecular formula is C16H23ClN2O6S. The maximum atomic E-state index is 12.6. The molecule has 0 aliphatic heterocycles. The van der Waals surface area contributed by atoms with E-state index in [2.05, 4.69) is 4.72 Å². The Morgan fingerprint density at radius 3 is 2.35 bits per heavy atom. The molecule has 0 amide bonds. The zero-order valence-electron chi connectivity index (χ0n) is 14.9. The molecular weight excluding hydrogens is 384 g/mol. The first-order chi connectivity index (χ1) is 12.0. The first-order valence-electron chi connectivity index (χ1n) is 7.96. The van der Waals surface area contributed by atoms with Crippen LogP contribution in [0.3, 0.4) is 0 Å². The molecule has 10 heteroatoms. The Bertz CT molecular complexity index is 734. The molecule has 0 fully saturated rings. The van der Waals surface area contributed by atoms with Gasteiger partial charge in [-0.05, 0) is 30.4 Å². The van der Waals surface area contributed by atoms with Crippen LogP contribution < -0.4 is 4.72 Å². The van der Waals surface area contributed by atoms with Crippen molar-refractivity contribution in [3.63, 3.8) is 0 Å². The zero-order valence-corrected chi connectivity index (χ0v) is 16.5. The van der Waals surface area contributed by atoms with Crippen LogP contribution in [-0.2, 0) is 19.6 Å². The summed E-state index contributed by atoms with van der Waals surface area (Å²) in [7, 11) is -2.89. The summed E-state index contributed by atoms with van der Waals surface area (Å²) < 4.78 is 32.3. The third-order valence-corrected chi connectivity index (χ3v) is 5.76. The van der Waals surface area contributed by atoms with Crippen LogP contribution in [0.25, 0.3) is 0 Å². The number of nitro groups is 1. The molecule has 0 aliphatic rings. The average molecular weight is 407 g/mol. The van der Waals surface area contributed by atoms with Crippen LogP contribution in [0.4, 0.5) is 5.69 Å². The van der Waals surface area contributed by atoms with Crippen molar-refractivity contribution in [3.8, 4) is 0 Å². The lowest BCUT2D eigenvalue weighted by atomic mass is 9.80. The molecule has 146 valence electrons. The Morgan fingerprint density at radius 1 is 1.31 bits per heavy atom. The van der Waals surface area contributed by atoms with E-state index in [0.29, 0.717) is 12.3 Å². The van der Waals surface area contributed by atoms with Gasteiger partial charge in [0.2, 0.25) is 10.0 Å². The highest BCUT2D eigenvalue weighted by molar-refractivity contribution is 7.89. The number of nitro benzene ring substituents is 1. The van der Waals surface area contributed by atoms with E-state index >= 15 is 0 Å². The molecule has 0 heterocycles. The Morgan fingerprint density at radius 2 is 1.88 bits per heavy atom. The van der Waals surface area contributed by atoms with Gasteiger partial charge in [0.15, 0.2) is 0 Å². The molecule has 0 saturated carbocycles. The van der Waals surface area contributed by atoms with Gasteiger partial charge in [-0.15, -0.1) is 11.6 Å². The summed E-state index contributed by atoms with van der Waals surface area (Å²) in [5.74, 6) is -0.223. The number of unbranched alkanes of at least 4 members (excludes halogenated alkanes) is 1. The number of carbonyl (C=O) groups excluding carboxylic acids is 1. The van der Waals surface area contributed by atoms with Crippen molar-refractivity contribution in [2.24, 2.45) is 5.41 Å². The SMILES string of the molecule is COC(=O)[C@@H](NS(=O)(=O)c1ccc([N+](=O)[O-])cc1)C(C)(C)CCCCCl. The molecule has 1 N–H and O–H groups in total. The molecule has 0 aromatic heterocycles. The number of alkyl halides is 1. The molecule has 1 aromatic rings. The minimum Gasteiger partial charge on any atom is -0.468 e. The van der Waals surface area contributed by atoms with Crippen molar-refractivity contribution in [1.29, 1.82) is 0 Å². The van der Waals surface area contributed by atoms with Gasteiger partial charge in [0.25, 0.3) is 5.69 Å². The van der Waals surface area contributed by atoms with Crippen molar-refractivity contribution in [1.82, 2.24) is 4.72 Å². The monoisotopic (exact) mass is 406 g/mol. The predicted molar refractivity (Wildman–Crippen MR) is 97.6 cm³/mol. The van der Waals surface area contributed by atoms with Gasteiger partial charge in [-0.1, -0.05) is 20.3 Å². The number of nitrogens with one attached hydrogen (secondary N) is 1. The number of carbonyl (C=O) groups is 1. The molecule has 0 aliphatic carbocycles. The number of sulfonamides is 1. The highest BCUT2D eigenvalue weighted by Crippen LogP contribution is 2.30. The summed E-state index contributed by atoms with van der Waals surface area (Å²) in [4.78, 5) is 22.1. The molecule has 8 nitrogen and oxygen atoms in total. The maximum Gasteiger partial charge on any atom is 0.324 e. The molecule has 1 aromatic carbocycles. The minimum atomic E-state index is -4.07. The van der Waals surface area contributed by atoms with Gasteiger partial charge in [0.05, 0.1) is 16.9 Å². The number of benzene rings is 1. The second-order valence-electron chi connectivity index (χ2n) is 6.46. The van der Waals surface area contributed by atoms with E-state index in [0.717, 1.165) is 37.1 Å². The van der Waals surface area contributed by atoms with E-state index in [-0.39, 0.29) is 10.6 Å². The fourth-order valence-electron chi connectivity index (χ4n) is 2.43. The van der Waals surface area contributed by atoms with Crippen LogP contribution in [0.5, 0.6) is 0 Å². The molecule has 0 unspecified atom stereocenters. The lowest BCUT2D eigenvalue weighted by molar-refractivity contribution is -0.384. The van der Waals surface area contributed by atoms with Gasteiger partial charge in [-0.3, -0.25) is 14.9 Å². The fraction of sp³-hybridized carbons (Fsp3) is 0.562. The molecule has 1 atom stereocenters. The smallest absolute Gasteiger partial charge is 0.324 e. The fourth-order valence-corrected chi connectivity index (χ4v) is 3.98. The summed E-state index contributed by atoms with van der Waals surface area (Å²) >= 11 is 5.67. The van der Waals surface area contributed by atoms with Crippen LogP contribution in [0.1, 0.15) is 33.1 Å². The Balaban J connectivity index is 3.08. The van der Waals surface area contributed by atoms with Gasteiger partial charge in [-0.2, -0.15) is 4.72 Å². The number of hydrogen-bond donors (Lipinski definition) is 1. The van der Waals surface area contributed by atoms with Crippen LogP contribution in [0.2, 0.25) is 0 Å². The first-order valence-corrected chi connectivity index (χ1v) is 9.97. The lowest BCUT2D eigenvalue weighted by Crippen LogP contribution is -2.50. The van der Waals surface area contributed by atoms with E-state index in [4.69, 9.17) is 16.3 Å². The van der Waals surface area contributed by atoms with Crippen LogP contribution in [-0.4, -0.2) is 38.3 Å². The van der Waals surface area contributed by atoms with Gasteiger partial charge in [0, 0.05) is 18.0 Å². The summed E-state index contributed by atoms with van der Waals surface area (Å²) in [6.07, 6.45) is 2.03. The Labute approximate surface area is 158 Å². The number of hydrogen-bond acceptors (Lipinski definition) is 6. The number of non-ortho nitro benzene ring substituents is 1. The topological polar surface area (TPSA) is 116 Å². The van der Waals surface area contributed by atoms with Crippen molar-refractivity contribution >= 4 is 33.3 Å². The Kier molecular flexibility index (Phi) is 7.98. The largest absolute Gasteiger partial charge is 0.468 e. The van der Waals surface area contributed by atoms with E-state index in [9.17, 15) is 23.3 Å². The molecule has 0 bridgehead atoms. The van der Waals surface area contributed by atoms with Gasteiger partial charge in [0.1, 0.15) is 6.04 Å². The van der Waals surface area contributed by atoms with Crippen molar-refractivity contribution in [3.05, 3.63) is 34.4 Å². The number of ether oxygens (including phenoxy) is 1. The molecule has 1 rings (SSSR count). The van der Waals surface area contributed by atoms with Gasteiger partial charge in [-0.25, -0.2) is 8.42 Å². The molecule has 0 radical (unpaired) electrons. The average Bonchev–Trinajstić information content (AvgIpc) is 2.59. The van der Waals surface area contributed by atoms with Gasteiger partial charge < -0.3 is 4.74 Å². The van der Waals surface area contributed by atoms with Crippen molar-refractivity contribution in [2.75, 3.05) is 13.0 Å². The molecule has 0 spiro atoms. The number of nitrogens with zero attached hydrogens (tertiary/aromatic N) is 1. The zero-order chi connectivity index (χ0) is 20.0. The normalized spacial score (nSPS) is 13.2. The second-order valence-corrected chi connectivity index (χ2v) is 8.56. The van der Waals surface area contributed by atoms with Crippen LogP contribution in [0.15, 0.2) is 29.2 Å². The third kappa shape index (κ3) is 5.93. The van der Waals surface area contributed by atoms with E-state index < -0.39 is 32.4 Å². The highest BCUT2D eigenvalue weighted by atomic mass is 35.5.